The van der Waals surface area contributed by atoms with Crippen molar-refractivity contribution >= 4 is 50.7 Å². The van der Waals surface area contributed by atoms with Crippen molar-refractivity contribution in [3.8, 4) is 0 Å². The van der Waals surface area contributed by atoms with Crippen LogP contribution < -0.4 is 9.62 Å². The Morgan fingerprint density at radius 3 is 2.27 bits per heavy atom. The van der Waals surface area contributed by atoms with Crippen molar-refractivity contribution in [2.45, 2.75) is 71.0 Å². The number of hydrogen-bond acceptors (Lipinski definition) is 4. The molecule has 1 N–H and O–H groups in total. The molecule has 0 heterocycles. The van der Waals surface area contributed by atoms with Crippen LogP contribution >= 0.6 is 23.2 Å². The van der Waals surface area contributed by atoms with Crippen molar-refractivity contribution in [2.75, 3.05) is 17.1 Å². The first-order valence-corrected chi connectivity index (χ1v) is 15.2. The zero-order valence-corrected chi connectivity index (χ0v) is 23.9. The Morgan fingerprint density at radius 1 is 1.05 bits per heavy atom. The number of anilines is 1. The number of amides is 2. The number of sulfonamides is 1. The molecule has 0 spiro atoms. The minimum atomic E-state index is -3.78. The molecular formula is C27H35Cl2N3O4S. The number of aryl methyl sites for hydroxylation is 1. The number of carbonyl (C=O) groups is 2. The predicted molar refractivity (Wildman–Crippen MR) is 149 cm³/mol. The fraction of sp³-hybridized carbons (Fsp3) is 0.481. The van der Waals surface area contributed by atoms with Crippen LogP contribution in [0.25, 0.3) is 0 Å². The topological polar surface area (TPSA) is 86.8 Å². The summed E-state index contributed by atoms with van der Waals surface area (Å²) in [4.78, 5) is 28.3. The van der Waals surface area contributed by atoms with Gasteiger partial charge in [0.1, 0.15) is 12.6 Å². The summed E-state index contributed by atoms with van der Waals surface area (Å²) in [7, 11) is -3.78. The molecule has 2 amide bonds. The van der Waals surface area contributed by atoms with Gasteiger partial charge in [-0.15, -0.1) is 0 Å². The molecule has 2 aromatic carbocycles. The maximum Gasteiger partial charge on any atom is 0.244 e. The number of nitrogens with zero attached hydrogens (tertiary/aromatic N) is 2. The highest BCUT2D eigenvalue weighted by Gasteiger charge is 2.31. The summed E-state index contributed by atoms with van der Waals surface area (Å²) in [5.41, 5.74) is 2.04. The Bertz CT molecular complexity index is 1200. The average Bonchev–Trinajstić information content (AvgIpc) is 2.86. The number of hydrogen-bond donors (Lipinski definition) is 1. The predicted octanol–water partition coefficient (Wildman–Crippen LogP) is 5.19. The summed E-state index contributed by atoms with van der Waals surface area (Å²) in [5, 5.41) is 3.89. The molecule has 1 aliphatic rings. The molecule has 2 aromatic rings. The van der Waals surface area contributed by atoms with E-state index in [1.54, 1.807) is 37.3 Å². The van der Waals surface area contributed by atoms with Gasteiger partial charge < -0.3 is 10.2 Å². The highest BCUT2D eigenvalue weighted by Crippen LogP contribution is 2.25. The molecule has 202 valence electrons. The van der Waals surface area contributed by atoms with Gasteiger partial charge in [-0.05, 0) is 61.6 Å². The lowest BCUT2D eigenvalue weighted by Gasteiger charge is -2.33. The fourth-order valence-electron chi connectivity index (χ4n) is 4.50. The highest BCUT2D eigenvalue weighted by atomic mass is 35.5. The van der Waals surface area contributed by atoms with E-state index in [0.29, 0.717) is 21.3 Å². The summed E-state index contributed by atoms with van der Waals surface area (Å²) < 4.78 is 26.5. The van der Waals surface area contributed by atoms with Crippen LogP contribution in [0.2, 0.25) is 10.0 Å². The van der Waals surface area contributed by atoms with E-state index >= 15 is 0 Å². The highest BCUT2D eigenvalue weighted by molar-refractivity contribution is 7.92. The largest absolute Gasteiger partial charge is 0.352 e. The molecule has 1 atom stereocenters. The van der Waals surface area contributed by atoms with Crippen molar-refractivity contribution in [3.05, 3.63) is 63.6 Å². The van der Waals surface area contributed by atoms with E-state index in [9.17, 15) is 18.0 Å². The van der Waals surface area contributed by atoms with Gasteiger partial charge in [0.05, 0.1) is 11.9 Å². The van der Waals surface area contributed by atoms with Gasteiger partial charge in [0, 0.05) is 22.6 Å². The Balaban J connectivity index is 1.89. The summed E-state index contributed by atoms with van der Waals surface area (Å²) >= 11 is 12.4. The lowest BCUT2D eigenvalue weighted by Crippen LogP contribution is -2.53. The lowest BCUT2D eigenvalue weighted by atomic mass is 9.95. The summed E-state index contributed by atoms with van der Waals surface area (Å²) in [5.74, 6) is -0.786. The first-order chi connectivity index (χ1) is 17.5. The van der Waals surface area contributed by atoms with E-state index < -0.39 is 28.5 Å². The zero-order chi connectivity index (χ0) is 27.2. The molecule has 1 aliphatic carbocycles. The number of halogens is 2. The molecule has 0 saturated heterocycles. The van der Waals surface area contributed by atoms with Crippen LogP contribution in [0.1, 0.15) is 57.1 Å². The summed E-state index contributed by atoms with van der Waals surface area (Å²) in [6.07, 6.45) is 6.96. The Labute approximate surface area is 230 Å². The summed E-state index contributed by atoms with van der Waals surface area (Å²) in [6, 6.07) is 11.2. The molecular weight excluding hydrogens is 533 g/mol. The average molecular weight is 569 g/mol. The molecule has 37 heavy (non-hydrogen) atoms. The standard InChI is InChI=1S/C27H35Cl2N3O4S/c1-4-20-10-14-24(15-11-20)32(37(3,35)36)18-26(33)31(17-21-12-13-22(28)16-25(21)29)19(2)27(34)30-23-8-6-5-7-9-23/h10-16,19,23H,4-9,17-18H2,1-3H3,(H,30,34). The van der Waals surface area contributed by atoms with E-state index in [-0.39, 0.29) is 18.5 Å². The van der Waals surface area contributed by atoms with E-state index in [1.807, 2.05) is 19.1 Å². The van der Waals surface area contributed by atoms with Crippen molar-refractivity contribution < 1.29 is 18.0 Å². The van der Waals surface area contributed by atoms with Gasteiger partial charge in [-0.2, -0.15) is 0 Å². The normalized spacial score (nSPS) is 15.2. The second kappa shape index (κ2) is 13.0. The molecule has 0 bridgehead atoms. The third kappa shape index (κ3) is 8.09. The van der Waals surface area contributed by atoms with Gasteiger partial charge in [0.15, 0.2) is 0 Å². The Hall–Kier alpha value is -2.29. The number of benzene rings is 2. The van der Waals surface area contributed by atoms with Crippen LogP contribution in [0, 0.1) is 0 Å². The molecule has 7 nitrogen and oxygen atoms in total. The van der Waals surface area contributed by atoms with Gasteiger partial charge in [-0.25, -0.2) is 8.42 Å². The fourth-order valence-corrected chi connectivity index (χ4v) is 5.81. The molecule has 0 aromatic heterocycles. The number of nitrogens with one attached hydrogen (secondary N) is 1. The van der Waals surface area contributed by atoms with Crippen molar-refractivity contribution in [3.63, 3.8) is 0 Å². The first kappa shape index (κ1) is 29.3. The van der Waals surface area contributed by atoms with Crippen molar-refractivity contribution in [1.82, 2.24) is 10.2 Å². The van der Waals surface area contributed by atoms with Crippen LogP contribution in [0.15, 0.2) is 42.5 Å². The van der Waals surface area contributed by atoms with Gasteiger partial charge in [0.25, 0.3) is 0 Å². The van der Waals surface area contributed by atoms with Gasteiger partial charge in [0.2, 0.25) is 21.8 Å². The third-order valence-corrected chi connectivity index (χ3v) is 8.51. The Kier molecular flexibility index (Phi) is 10.3. The van der Waals surface area contributed by atoms with Crippen LogP contribution in [0.3, 0.4) is 0 Å². The molecule has 3 rings (SSSR count). The molecule has 10 heteroatoms. The molecule has 1 unspecified atom stereocenters. The second-order valence-corrected chi connectivity index (χ2v) is 12.3. The summed E-state index contributed by atoms with van der Waals surface area (Å²) in [6.45, 7) is 3.24. The van der Waals surface area contributed by atoms with Gasteiger partial charge in [-0.3, -0.25) is 13.9 Å². The third-order valence-electron chi connectivity index (χ3n) is 6.79. The Morgan fingerprint density at radius 2 is 1.70 bits per heavy atom. The van der Waals surface area contributed by atoms with Crippen molar-refractivity contribution in [1.29, 1.82) is 0 Å². The monoisotopic (exact) mass is 567 g/mol. The van der Waals surface area contributed by atoms with Gasteiger partial charge in [-0.1, -0.05) is 67.6 Å². The SMILES string of the molecule is CCc1ccc(N(CC(=O)N(Cc2ccc(Cl)cc2Cl)C(C)C(=O)NC2CCCCC2)S(C)(=O)=O)cc1. The lowest BCUT2D eigenvalue weighted by molar-refractivity contribution is -0.139. The minimum Gasteiger partial charge on any atom is -0.352 e. The van der Waals surface area contributed by atoms with E-state index in [4.69, 9.17) is 23.2 Å². The molecule has 1 saturated carbocycles. The van der Waals surface area contributed by atoms with E-state index in [0.717, 1.165) is 54.6 Å². The second-order valence-electron chi connectivity index (χ2n) is 9.57. The van der Waals surface area contributed by atoms with Crippen molar-refractivity contribution in [2.24, 2.45) is 0 Å². The minimum absolute atomic E-state index is 0.0282. The quantitative estimate of drug-likeness (QED) is 0.428. The van der Waals surface area contributed by atoms with Gasteiger partial charge >= 0.3 is 0 Å². The molecule has 1 fully saturated rings. The van der Waals surface area contributed by atoms with Crippen LogP contribution in [-0.2, 0) is 32.6 Å². The molecule has 0 radical (unpaired) electrons. The number of rotatable bonds is 10. The first-order valence-electron chi connectivity index (χ1n) is 12.6. The maximum absolute atomic E-state index is 13.7. The smallest absolute Gasteiger partial charge is 0.244 e. The van der Waals surface area contributed by atoms with Crippen LogP contribution in [0.5, 0.6) is 0 Å². The molecule has 0 aliphatic heterocycles. The van der Waals surface area contributed by atoms with Crippen LogP contribution in [-0.4, -0.2) is 50.0 Å². The van der Waals surface area contributed by atoms with Crippen LogP contribution in [0.4, 0.5) is 5.69 Å². The number of carbonyl (C=O) groups excluding carboxylic acids is 2. The van der Waals surface area contributed by atoms with E-state index in [1.165, 1.54) is 4.90 Å². The zero-order valence-electron chi connectivity index (χ0n) is 21.5. The maximum atomic E-state index is 13.7. The van der Waals surface area contributed by atoms with E-state index in [2.05, 4.69) is 5.32 Å².